The van der Waals surface area contributed by atoms with Crippen LogP contribution in [0.3, 0.4) is 0 Å². The number of rotatable bonds is 8. The molecule has 0 radical (unpaired) electrons. The number of hydrogen-bond donors (Lipinski definition) is 1. The first-order valence-corrected chi connectivity index (χ1v) is 7.51. The average molecular weight is 332 g/mol. The van der Waals surface area contributed by atoms with Gasteiger partial charge in [0, 0.05) is 31.0 Å². The molecule has 2 N–H and O–H groups in total. The molecule has 7 heteroatoms. The van der Waals surface area contributed by atoms with Crippen molar-refractivity contribution in [2.24, 2.45) is 0 Å². The summed E-state index contributed by atoms with van der Waals surface area (Å²) >= 11 is 0. The Morgan fingerprint density at radius 2 is 1.92 bits per heavy atom. The highest BCUT2D eigenvalue weighted by atomic mass is 16.7. The molecule has 24 heavy (non-hydrogen) atoms. The first-order valence-electron chi connectivity index (χ1n) is 7.51. The molecular formula is C17H20N2O5. The number of nitro benzene ring substituents is 1. The Morgan fingerprint density at radius 1 is 1.21 bits per heavy atom. The van der Waals surface area contributed by atoms with Gasteiger partial charge in [-0.25, -0.2) is 0 Å². The van der Waals surface area contributed by atoms with E-state index in [4.69, 9.17) is 19.9 Å². The van der Waals surface area contributed by atoms with Crippen molar-refractivity contribution < 1.29 is 19.1 Å². The molecule has 0 amide bonds. The van der Waals surface area contributed by atoms with E-state index in [2.05, 4.69) is 0 Å². The molecule has 0 heterocycles. The highest BCUT2D eigenvalue weighted by Gasteiger charge is 2.18. The third kappa shape index (κ3) is 4.36. The van der Waals surface area contributed by atoms with E-state index in [9.17, 15) is 10.1 Å². The van der Waals surface area contributed by atoms with E-state index in [0.29, 0.717) is 29.4 Å². The summed E-state index contributed by atoms with van der Waals surface area (Å²) in [6, 6.07) is 11.0. The quantitative estimate of drug-likeness (QED) is 0.343. The Balaban J connectivity index is 2.23. The maximum Gasteiger partial charge on any atom is 0.269 e. The summed E-state index contributed by atoms with van der Waals surface area (Å²) in [5.41, 5.74) is 7.08. The third-order valence-electron chi connectivity index (χ3n) is 3.26. The van der Waals surface area contributed by atoms with Gasteiger partial charge in [0.05, 0.1) is 17.1 Å². The molecule has 1 atom stereocenters. The number of methoxy groups -OCH3 is 1. The smallest absolute Gasteiger partial charge is 0.269 e. The van der Waals surface area contributed by atoms with Crippen LogP contribution in [-0.2, 0) is 4.74 Å². The Hall–Kier alpha value is -2.80. The molecule has 0 aliphatic rings. The summed E-state index contributed by atoms with van der Waals surface area (Å²) in [7, 11) is 1.51. The van der Waals surface area contributed by atoms with Crippen LogP contribution in [0.25, 0.3) is 0 Å². The number of benzene rings is 2. The van der Waals surface area contributed by atoms with Crippen LogP contribution in [0.15, 0.2) is 42.5 Å². The Morgan fingerprint density at radius 3 is 2.50 bits per heavy atom. The lowest BCUT2D eigenvalue weighted by molar-refractivity contribution is -0.384. The normalized spacial score (nSPS) is 11.8. The van der Waals surface area contributed by atoms with Gasteiger partial charge in [0.15, 0.2) is 0 Å². The molecule has 0 saturated carbocycles. The topological polar surface area (TPSA) is 96.9 Å². The zero-order valence-corrected chi connectivity index (χ0v) is 13.6. The number of nitro groups is 1. The number of nitrogen functional groups attached to an aromatic ring is 1. The summed E-state index contributed by atoms with van der Waals surface area (Å²) in [6.07, 6.45) is 0.133. The zero-order chi connectivity index (χ0) is 17.5. The molecule has 2 rings (SSSR count). The minimum absolute atomic E-state index is 0.00392. The molecule has 0 aromatic heterocycles. The number of non-ortho nitro benzene ring substituents is 1. The molecule has 7 nitrogen and oxygen atoms in total. The molecule has 0 aliphatic carbocycles. The molecular weight excluding hydrogens is 312 g/mol. The summed E-state index contributed by atoms with van der Waals surface area (Å²) in [4.78, 5) is 10.2. The van der Waals surface area contributed by atoms with E-state index in [0.717, 1.165) is 6.42 Å². The Labute approximate surface area is 140 Å². The predicted octanol–water partition coefficient (Wildman–Crippen LogP) is 3.69. The van der Waals surface area contributed by atoms with E-state index in [1.54, 1.807) is 18.2 Å². The molecule has 0 aliphatic heterocycles. The fourth-order valence-corrected chi connectivity index (χ4v) is 2.09. The lowest BCUT2D eigenvalue weighted by atomic mass is 10.1. The summed E-state index contributed by atoms with van der Waals surface area (Å²) < 4.78 is 16.9. The van der Waals surface area contributed by atoms with Crippen LogP contribution in [-0.4, -0.2) is 18.6 Å². The van der Waals surface area contributed by atoms with Crippen LogP contribution in [0.5, 0.6) is 11.5 Å². The van der Waals surface area contributed by atoms with Crippen LogP contribution >= 0.6 is 0 Å². The minimum atomic E-state index is -0.723. The summed E-state index contributed by atoms with van der Waals surface area (Å²) in [6.45, 7) is 2.55. The standard InChI is InChI=1S/C17H20N2O5/c1-3-10-23-16-11-12(18)4-9-15(16)17(22-2)24-14-7-5-13(6-8-14)19(20)21/h4-9,11,17H,3,10,18H2,1-2H3. The van der Waals surface area contributed by atoms with E-state index >= 15 is 0 Å². The van der Waals surface area contributed by atoms with Crippen LogP contribution < -0.4 is 15.2 Å². The lowest BCUT2D eigenvalue weighted by Gasteiger charge is -2.21. The average Bonchev–Trinajstić information content (AvgIpc) is 2.58. The maximum atomic E-state index is 10.7. The van der Waals surface area contributed by atoms with E-state index < -0.39 is 11.2 Å². The summed E-state index contributed by atoms with van der Waals surface area (Å²) in [5, 5.41) is 10.7. The van der Waals surface area contributed by atoms with E-state index in [-0.39, 0.29) is 5.69 Å². The maximum absolute atomic E-state index is 10.7. The molecule has 1 unspecified atom stereocenters. The molecule has 0 bridgehead atoms. The van der Waals surface area contributed by atoms with Gasteiger partial charge >= 0.3 is 0 Å². The monoisotopic (exact) mass is 332 g/mol. The summed E-state index contributed by atoms with van der Waals surface area (Å²) in [5.74, 6) is 1.04. The fourth-order valence-electron chi connectivity index (χ4n) is 2.09. The first-order chi connectivity index (χ1) is 11.5. The van der Waals surface area contributed by atoms with Gasteiger partial charge in [-0.3, -0.25) is 10.1 Å². The van der Waals surface area contributed by atoms with Crippen LogP contribution in [0.2, 0.25) is 0 Å². The highest BCUT2D eigenvalue weighted by molar-refractivity contribution is 5.49. The van der Waals surface area contributed by atoms with E-state index in [1.165, 1.54) is 31.4 Å². The number of nitrogens with two attached hydrogens (primary N) is 1. The second kappa shape index (κ2) is 8.16. The van der Waals surface area contributed by atoms with Gasteiger partial charge in [-0.15, -0.1) is 0 Å². The van der Waals surface area contributed by atoms with Gasteiger partial charge in [-0.1, -0.05) is 6.92 Å². The van der Waals surface area contributed by atoms with Crippen molar-refractivity contribution >= 4 is 11.4 Å². The van der Waals surface area contributed by atoms with Gasteiger partial charge in [0.1, 0.15) is 11.5 Å². The van der Waals surface area contributed by atoms with Gasteiger partial charge in [-0.2, -0.15) is 0 Å². The second-order valence-corrected chi connectivity index (χ2v) is 5.08. The van der Waals surface area contributed by atoms with Gasteiger partial charge in [-0.05, 0) is 30.7 Å². The largest absolute Gasteiger partial charge is 0.493 e. The Bertz CT molecular complexity index is 688. The van der Waals surface area contributed by atoms with Crippen molar-refractivity contribution in [3.63, 3.8) is 0 Å². The van der Waals surface area contributed by atoms with Crippen molar-refractivity contribution in [3.05, 3.63) is 58.1 Å². The van der Waals surface area contributed by atoms with Crippen molar-refractivity contribution in [3.8, 4) is 11.5 Å². The molecule has 0 fully saturated rings. The number of anilines is 1. The number of ether oxygens (including phenoxy) is 3. The van der Waals surface area contributed by atoms with Gasteiger partial charge in [0.2, 0.25) is 6.29 Å². The van der Waals surface area contributed by atoms with Crippen LogP contribution in [0.1, 0.15) is 25.2 Å². The minimum Gasteiger partial charge on any atom is -0.493 e. The number of hydrogen-bond acceptors (Lipinski definition) is 6. The van der Waals surface area contributed by atoms with Crippen molar-refractivity contribution in [1.82, 2.24) is 0 Å². The van der Waals surface area contributed by atoms with Crippen LogP contribution in [0.4, 0.5) is 11.4 Å². The zero-order valence-electron chi connectivity index (χ0n) is 13.6. The molecule has 128 valence electrons. The Kier molecular flexibility index (Phi) is 5.97. The van der Waals surface area contributed by atoms with Gasteiger partial charge < -0.3 is 19.9 Å². The van der Waals surface area contributed by atoms with Crippen LogP contribution in [0, 0.1) is 10.1 Å². The predicted molar refractivity (Wildman–Crippen MR) is 90.1 cm³/mol. The second-order valence-electron chi connectivity index (χ2n) is 5.08. The van der Waals surface area contributed by atoms with Crippen molar-refractivity contribution in [2.45, 2.75) is 19.6 Å². The molecule has 0 spiro atoms. The van der Waals surface area contributed by atoms with Gasteiger partial charge in [0.25, 0.3) is 5.69 Å². The SMILES string of the molecule is CCCOc1cc(N)ccc1C(OC)Oc1ccc([N+](=O)[O-])cc1. The molecule has 0 saturated heterocycles. The highest BCUT2D eigenvalue weighted by Crippen LogP contribution is 2.32. The van der Waals surface area contributed by atoms with Crippen molar-refractivity contribution in [1.29, 1.82) is 0 Å². The third-order valence-corrected chi connectivity index (χ3v) is 3.26. The van der Waals surface area contributed by atoms with E-state index in [1.807, 2.05) is 6.92 Å². The fraction of sp³-hybridized carbons (Fsp3) is 0.294. The lowest BCUT2D eigenvalue weighted by Crippen LogP contribution is -2.12. The number of nitrogens with zero attached hydrogens (tertiary/aromatic N) is 1. The molecule has 2 aromatic rings. The first kappa shape index (κ1) is 17.6. The molecule has 2 aromatic carbocycles. The van der Waals surface area contributed by atoms with Crippen molar-refractivity contribution in [2.75, 3.05) is 19.5 Å².